The van der Waals surface area contributed by atoms with E-state index in [4.69, 9.17) is 27.9 Å². The van der Waals surface area contributed by atoms with E-state index in [-0.39, 0.29) is 34.0 Å². The van der Waals surface area contributed by atoms with Gasteiger partial charge in [-0.1, -0.05) is 37.0 Å². The molecule has 0 saturated carbocycles. The molecule has 2 saturated heterocycles. The Morgan fingerprint density at radius 1 is 1.11 bits per heavy atom. The number of halogens is 2. The Morgan fingerprint density at radius 2 is 1.76 bits per heavy atom. The van der Waals surface area contributed by atoms with Gasteiger partial charge in [-0.25, -0.2) is 19.1 Å². The highest BCUT2D eigenvalue weighted by Crippen LogP contribution is 2.38. The molecule has 2 aliphatic heterocycles. The normalized spacial score (nSPS) is 19.5. The van der Waals surface area contributed by atoms with Crippen LogP contribution in [0, 0.1) is 18.8 Å². The molecule has 0 spiro atoms. The van der Waals surface area contributed by atoms with Gasteiger partial charge >= 0.3 is 11.8 Å². The van der Waals surface area contributed by atoms with Crippen LogP contribution in [0.3, 0.4) is 0 Å². The van der Waals surface area contributed by atoms with E-state index < -0.39 is 11.3 Å². The van der Waals surface area contributed by atoms with Crippen LogP contribution in [-0.4, -0.2) is 62.3 Å². The quantitative estimate of drug-likeness (QED) is 0.407. The van der Waals surface area contributed by atoms with Crippen molar-refractivity contribution in [1.82, 2.24) is 24.4 Å². The van der Waals surface area contributed by atoms with Crippen LogP contribution in [-0.2, 0) is 4.74 Å². The number of aryl methyl sites for hydroxylation is 1. The summed E-state index contributed by atoms with van der Waals surface area (Å²) >= 11 is 12.8. The van der Waals surface area contributed by atoms with E-state index in [9.17, 15) is 9.59 Å². The molecule has 0 bridgehead atoms. The zero-order valence-corrected chi connectivity index (χ0v) is 24.0. The van der Waals surface area contributed by atoms with Crippen LogP contribution in [0.15, 0.2) is 23.1 Å². The lowest BCUT2D eigenvalue weighted by molar-refractivity contribution is 0.0282. The Balaban J connectivity index is 1.55. The highest BCUT2D eigenvalue weighted by atomic mass is 35.5. The maximum Gasteiger partial charge on any atom is 0.410 e. The molecule has 0 aromatic carbocycles. The number of nitrogens with zero attached hydrogens (tertiary/aromatic N) is 6. The lowest BCUT2D eigenvalue weighted by atomic mass is 10.0. The molecule has 0 aliphatic carbocycles. The van der Waals surface area contributed by atoms with Gasteiger partial charge in [-0.2, -0.15) is 4.98 Å². The van der Waals surface area contributed by atoms with Crippen molar-refractivity contribution in [3.63, 3.8) is 0 Å². The standard InChI is InChI=1S/C27H32Cl2N6O3/c1-14(2)20-21(15(3)7-8-30-20)35-24-18(9-19(28)22(29)31-24)23(32-25(35)36)33-10-16-12-34(13-17(16)11-33)26(37)38-27(4,5)6/h7-9,14,16-17H,10-13H2,1-6H3. The first-order valence-electron chi connectivity index (χ1n) is 12.8. The van der Waals surface area contributed by atoms with E-state index in [2.05, 4.69) is 19.9 Å². The summed E-state index contributed by atoms with van der Waals surface area (Å²) in [7, 11) is 0. The molecule has 11 heteroatoms. The number of hydrogen-bond acceptors (Lipinski definition) is 7. The third kappa shape index (κ3) is 4.82. The van der Waals surface area contributed by atoms with Crippen LogP contribution in [0.5, 0.6) is 0 Å². The molecule has 202 valence electrons. The molecule has 3 aromatic rings. The van der Waals surface area contributed by atoms with Crippen molar-refractivity contribution in [3.05, 3.63) is 50.2 Å². The molecule has 0 N–H and O–H groups in total. The number of amides is 1. The molecule has 1 amide bonds. The van der Waals surface area contributed by atoms with E-state index in [1.807, 2.05) is 47.6 Å². The predicted molar refractivity (Wildman–Crippen MR) is 149 cm³/mol. The predicted octanol–water partition coefficient (Wildman–Crippen LogP) is 5.22. The molecular formula is C27H32Cl2N6O3. The maximum absolute atomic E-state index is 13.7. The lowest BCUT2D eigenvalue weighted by Gasteiger charge is -2.27. The summed E-state index contributed by atoms with van der Waals surface area (Å²) in [4.78, 5) is 43.8. The topological polar surface area (TPSA) is 93.5 Å². The molecule has 2 atom stereocenters. The Hall–Kier alpha value is -2.91. The van der Waals surface area contributed by atoms with E-state index in [1.165, 1.54) is 4.57 Å². The number of ether oxygens (including phenoxy) is 1. The molecule has 5 heterocycles. The second kappa shape index (κ2) is 9.68. The Bertz CT molecular complexity index is 1470. The molecule has 2 fully saturated rings. The first kappa shape index (κ1) is 26.7. The van der Waals surface area contributed by atoms with Crippen molar-refractivity contribution in [1.29, 1.82) is 0 Å². The lowest BCUT2D eigenvalue weighted by Crippen LogP contribution is -2.38. The number of rotatable bonds is 3. The average molecular weight is 559 g/mol. The minimum atomic E-state index is -0.538. The fourth-order valence-corrected chi connectivity index (χ4v) is 5.74. The van der Waals surface area contributed by atoms with E-state index in [0.717, 1.165) is 11.3 Å². The van der Waals surface area contributed by atoms with Gasteiger partial charge in [-0.05, 0) is 51.3 Å². The number of aromatic nitrogens is 4. The number of fused-ring (bicyclic) bond motifs is 2. The fourth-order valence-electron chi connectivity index (χ4n) is 5.45. The van der Waals surface area contributed by atoms with Gasteiger partial charge in [0, 0.05) is 44.2 Å². The van der Waals surface area contributed by atoms with E-state index in [0.29, 0.717) is 48.7 Å². The third-order valence-corrected chi connectivity index (χ3v) is 7.79. The summed E-state index contributed by atoms with van der Waals surface area (Å²) in [5, 5.41) is 1.04. The molecule has 5 rings (SSSR count). The smallest absolute Gasteiger partial charge is 0.410 e. The summed E-state index contributed by atoms with van der Waals surface area (Å²) in [5.74, 6) is 1.08. The zero-order valence-electron chi connectivity index (χ0n) is 22.5. The molecule has 9 nitrogen and oxygen atoms in total. The summed E-state index contributed by atoms with van der Waals surface area (Å²) in [6, 6.07) is 3.59. The third-order valence-electron chi connectivity index (χ3n) is 7.12. The number of anilines is 1. The minimum absolute atomic E-state index is 0.0696. The van der Waals surface area contributed by atoms with Crippen LogP contribution in [0.25, 0.3) is 16.7 Å². The number of likely N-dealkylation sites (tertiary alicyclic amines) is 1. The summed E-state index contributed by atoms with van der Waals surface area (Å²) in [6.07, 6.45) is 1.45. The van der Waals surface area contributed by atoms with Crippen molar-refractivity contribution in [3.8, 4) is 5.69 Å². The van der Waals surface area contributed by atoms with Gasteiger partial charge in [0.15, 0.2) is 5.65 Å². The molecular weight excluding hydrogens is 527 g/mol. The highest BCUT2D eigenvalue weighted by Gasteiger charge is 2.43. The maximum atomic E-state index is 13.7. The van der Waals surface area contributed by atoms with Crippen LogP contribution in [0.2, 0.25) is 10.2 Å². The van der Waals surface area contributed by atoms with Crippen LogP contribution >= 0.6 is 23.2 Å². The van der Waals surface area contributed by atoms with Crippen molar-refractivity contribution in [2.75, 3.05) is 31.1 Å². The molecule has 2 unspecified atom stereocenters. The van der Waals surface area contributed by atoms with Gasteiger partial charge in [0.1, 0.15) is 16.6 Å². The number of carbonyl (C=O) groups excluding carboxylic acids is 1. The van der Waals surface area contributed by atoms with Crippen molar-refractivity contribution < 1.29 is 9.53 Å². The molecule has 2 aliphatic rings. The summed E-state index contributed by atoms with van der Waals surface area (Å²) in [6.45, 7) is 14.1. The number of hydrogen-bond donors (Lipinski definition) is 0. The van der Waals surface area contributed by atoms with Gasteiger partial charge in [0.2, 0.25) is 0 Å². The Morgan fingerprint density at radius 3 is 2.37 bits per heavy atom. The van der Waals surface area contributed by atoms with E-state index >= 15 is 0 Å². The van der Waals surface area contributed by atoms with Crippen molar-refractivity contribution in [2.24, 2.45) is 11.8 Å². The largest absolute Gasteiger partial charge is 0.444 e. The fraction of sp³-hybridized carbons (Fsp3) is 0.519. The van der Waals surface area contributed by atoms with Crippen LogP contribution in [0.1, 0.15) is 51.8 Å². The SMILES string of the molecule is Cc1ccnc(C(C)C)c1-n1c(=O)nc(N2CC3CN(C(=O)OC(C)(C)C)CC3C2)c2cc(Cl)c(Cl)nc21. The Kier molecular flexibility index (Phi) is 6.80. The van der Waals surface area contributed by atoms with E-state index in [1.54, 1.807) is 17.2 Å². The van der Waals surface area contributed by atoms with Gasteiger partial charge < -0.3 is 14.5 Å². The van der Waals surface area contributed by atoms with Gasteiger partial charge in [0.05, 0.1) is 21.8 Å². The second-order valence-corrected chi connectivity index (χ2v) is 12.3. The summed E-state index contributed by atoms with van der Waals surface area (Å²) < 4.78 is 7.06. The van der Waals surface area contributed by atoms with Gasteiger partial charge in [-0.15, -0.1) is 0 Å². The zero-order chi connectivity index (χ0) is 27.5. The van der Waals surface area contributed by atoms with Gasteiger partial charge in [0.25, 0.3) is 0 Å². The summed E-state index contributed by atoms with van der Waals surface area (Å²) in [5.41, 5.74) is 1.71. The van der Waals surface area contributed by atoms with Crippen LogP contribution < -0.4 is 10.6 Å². The first-order valence-corrected chi connectivity index (χ1v) is 13.6. The molecule has 0 radical (unpaired) electrons. The van der Waals surface area contributed by atoms with Gasteiger partial charge in [-0.3, -0.25) is 4.98 Å². The van der Waals surface area contributed by atoms with Crippen molar-refractivity contribution >= 4 is 46.1 Å². The number of carbonyl (C=O) groups is 1. The minimum Gasteiger partial charge on any atom is -0.444 e. The molecule has 38 heavy (non-hydrogen) atoms. The highest BCUT2D eigenvalue weighted by molar-refractivity contribution is 6.41. The molecule has 3 aromatic heterocycles. The Labute approximate surface area is 231 Å². The average Bonchev–Trinajstić information content (AvgIpc) is 3.39. The number of pyridine rings is 2. The monoisotopic (exact) mass is 558 g/mol. The van der Waals surface area contributed by atoms with Crippen LogP contribution in [0.4, 0.5) is 10.6 Å². The van der Waals surface area contributed by atoms with Crippen molar-refractivity contribution in [2.45, 2.75) is 53.1 Å². The second-order valence-electron chi connectivity index (χ2n) is 11.5. The first-order chi connectivity index (χ1) is 17.8.